The summed E-state index contributed by atoms with van der Waals surface area (Å²) in [5.74, 6) is -1.06. The van der Waals surface area contributed by atoms with Gasteiger partial charge in [-0.25, -0.2) is 4.79 Å². The summed E-state index contributed by atoms with van der Waals surface area (Å²) in [6, 6.07) is 11.1. The molecular weight excluding hydrogens is 496 g/mol. The standard InChI is InChI=1S/C24H21ClN2O7S/c1-32-18-6-5-15(11-19(18)34-23(30)16-3-2-4-17(25)13-16)12-20-22(29)27(24(31)35-20)14-21(28)26-7-9-33-10-8-26/h2-6,11-13H,7-10,14H2,1H3/b20-12-. The zero-order valence-electron chi connectivity index (χ0n) is 18.7. The van der Waals surface area contributed by atoms with Gasteiger partial charge < -0.3 is 19.1 Å². The first kappa shape index (κ1) is 24.8. The molecule has 2 aromatic carbocycles. The highest BCUT2D eigenvalue weighted by molar-refractivity contribution is 8.18. The Morgan fingerprint density at radius 2 is 1.89 bits per heavy atom. The molecule has 0 radical (unpaired) electrons. The zero-order valence-corrected chi connectivity index (χ0v) is 20.3. The quantitative estimate of drug-likeness (QED) is 0.327. The van der Waals surface area contributed by atoms with Gasteiger partial charge in [-0.2, -0.15) is 0 Å². The number of hydrogen-bond acceptors (Lipinski definition) is 8. The number of ether oxygens (including phenoxy) is 3. The number of rotatable bonds is 6. The second kappa shape index (κ2) is 10.9. The third-order valence-electron chi connectivity index (χ3n) is 5.28. The van der Waals surface area contributed by atoms with Crippen molar-refractivity contribution in [2.24, 2.45) is 0 Å². The highest BCUT2D eigenvalue weighted by atomic mass is 35.5. The van der Waals surface area contributed by atoms with Crippen LogP contribution in [0.25, 0.3) is 6.08 Å². The Morgan fingerprint density at radius 1 is 1.11 bits per heavy atom. The van der Waals surface area contributed by atoms with Crippen LogP contribution in [0.2, 0.25) is 5.02 Å². The Kier molecular flexibility index (Phi) is 7.74. The minimum Gasteiger partial charge on any atom is -0.493 e. The predicted octanol–water partition coefficient (Wildman–Crippen LogP) is 3.46. The van der Waals surface area contributed by atoms with Crippen LogP contribution in [-0.4, -0.2) is 72.8 Å². The third-order valence-corrected chi connectivity index (χ3v) is 6.42. The lowest BCUT2D eigenvalue weighted by Crippen LogP contribution is -2.46. The molecule has 0 aromatic heterocycles. The average Bonchev–Trinajstić information content (AvgIpc) is 3.12. The normalized spacial score (nSPS) is 17.1. The SMILES string of the molecule is COc1ccc(/C=C2\SC(=O)N(CC(=O)N3CCOCC3)C2=O)cc1OC(=O)c1cccc(Cl)c1. The van der Waals surface area contributed by atoms with E-state index in [-0.39, 0.29) is 28.7 Å². The van der Waals surface area contributed by atoms with Crippen LogP contribution in [-0.2, 0) is 14.3 Å². The summed E-state index contributed by atoms with van der Waals surface area (Å²) in [5, 5.41) is -0.132. The van der Waals surface area contributed by atoms with Crippen molar-refractivity contribution in [3.63, 3.8) is 0 Å². The van der Waals surface area contributed by atoms with Crippen LogP contribution >= 0.6 is 23.4 Å². The van der Waals surface area contributed by atoms with E-state index in [9.17, 15) is 19.2 Å². The maximum Gasteiger partial charge on any atom is 0.343 e. The van der Waals surface area contributed by atoms with Gasteiger partial charge in [0.15, 0.2) is 11.5 Å². The van der Waals surface area contributed by atoms with Gasteiger partial charge in [-0.3, -0.25) is 19.3 Å². The fourth-order valence-corrected chi connectivity index (χ4v) is 4.50. The van der Waals surface area contributed by atoms with Crippen molar-refractivity contribution in [1.82, 2.24) is 9.80 Å². The molecule has 2 aliphatic heterocycles. The first-order valence-corrected chi connectivity index (χ1v) is 11.8. The molecule has 0 atom stereocenters. The third kappa shape index (κ3) is 5.84. The molecule has 3 amide bonds. The van der Waals surface area contributed by atoms with Crippen molar-refractivity contribution in [3.8, 4) is 11.5 Å². The average molecular weight is 517 g/mol. The number of hydrogen-bond donors (Lipinski definition) is 0. The maximum absolute atomic E-state index is 12.8. The molecule has 0 saturated carbocycles. The molecule has 2 fully saturated rings. The molecule has 2 aliphatic rings. The molecule has 182 valence electrons. The number of amides is 3. The molecule has 0 unspecified atom stereocenters. The monoisotopic (exact) mass is 516 g/mol. The Morgan fingerprint density at radius 3 is 2.60 bits per heavy atom. The van der Waals surface area contributed by atoms with E-state index in [2.05, 4.69) is 0 Å². The van der Waals surface area contributed by atoms with Crippen LogP contribution in [0, 0.1) is 0 Å². The molecule has 0 bridgehead atoms. The van der Waals surface area contributed by atoms with Crippen molar-refractivity contribution in [3.05, 3.63) is 63.5 Å². The number of carbonyl (C=O) groups is 4. The number of benzene rings is 2. The minimum absolute atomic E-state index is 0.132. The molecule has 2 aromatic rings. The van der Waals surface area contributed by atoms with E-state index < -0.39 is 17.1 Å². The van der Waals surface area contributed by atoms with Crippen LogP contribution in [0.15, 0.2) is 47.4 Å². The van der Waals surface area contributed by atoms with Crippen molar-refractivity contribution in [2.75, 3.05) is 40.0 Å². The van der Waals surface area contributed by atoms with Crippen molar-refractivity contribution in [1.29, 1.82) is 0 Å². The molecule has 35 heavy (non-hydrogen) atoms. The van der Waals surface area contributed by atoms with Gasteiger partial charge in [0.25, 0.3) is 11.1 Å². The zero-order chi connectivity index (χ0) is 24.9. The van der Waals surface area contributed by atoms with Gasteiger partial charge in [-0.1, -0.05) is 23.7 Å². The van der Waals surface area contributed by atoms with Gasteiger partial charge in [-0.05, 0) is 53.7 Å². The van der Waals surface area contributed by atoms with E-state index in [1.165, 1.54) is 25.3 Å². The van der Waals surface area contributed by atoms with E-state index in [1.807, 2.05) is 0 Å². The number of thioether (sulfide) groups is 1. The first-order valence-electron chi connectivity index (χ1n) is 10.6. The van der Waals surface area contributed by atoms with Crippen LogP contribution in [0.4, 0.5) is 4.79 Å². The summed E-state index contributed by atoms with van der Waals surface area (Å²) in [6.07, 6.45) is 1.50. The van der Waals surface area contributed by atoms with Crippen molar-refractivity contribution < 1.29 is 33.4 Å². The number of morpholine rings is 1. The fraction of sp³-hybridized carbons (Fsp3) is 0.250. The molecular formula is C24H21ClN2O7S. The molecule has 9 nitrogen and oxygen atoms in total. The summed E-state index contributed by atoms with van der Waals surface area (Å²) in [6.45, 7) is 1.37. The van der Waals surface area contributed by atoms with Crippen molar-refractivity contribution >= 4 is 52.5 Å². The van der Waals surface area contributed by atoms with Crippen LogP contribution in [0.5, 0.6) is 11.5 Å². The summed E-state index contributed by atoms with van der Waals surface area (Å²) >= 11 is 6.69. The lowest BCUT2D eigenvalue weighted by Gasteiger charge is -2.28. The van der Waals surface area contributed by atoms with Gasteiger partial charge in [0.2, 0.25) is 5.91 Å². The maximum atomic E-state index is 12.8. The van der Waals surface area contributed by atoms with E-state index in [0.29, 0.717) is 42.6 Å². The van der Waals surface area contributed by atoms with E-state index >= 15 is 0 Å². The first-order chi connectivity index (χ1) is 16.9. The summed E-state index contributed by atoms with van der Waals surface area (Å²) in [7, 11) is 1.43. The van der Waals surface area contributed by atoms with E-state index in [0.717, 1.165) is 16.7 Å². The van der Waals surface area contributed by atoms with E-state index in [4.69, 9.17) is 25.8 Å². The number of halogens is 1. The topological polar surface area (TPSA) is 102 Å². The van der Waals surface area contributed by atoms with E-state index in [1.54, 1.807) is 35.2 Å². The molecule has 0 aliphatic carbocycles. The molecule has 0 N–H and O–H groups in total. The summed E-state index contributed by atoms with van der Waals surface area (Å²) in [5.41, 5.74) is 0.765. The summed E-state index contributed by atoms with van der Waals surface area (Å²) in [4.78, 5) is 53.0. The van der Waals surface area contributed by atoms with Gasteiger partial charge in [0.05, 0.1) is 30.8 Å². The second-order valence-electron chi connectivity index (χ2n) is 7.57. The van der Waals surface area contributed by atoms with Gasteiger partial charge in [0, 0.05) is 18.1 Å². The van der Waals surface area contributed by atoms with Crippen LogP contribution in [0.3, 0.4) is 0 Å². The molecule has 0 spiro atoms. The second-order valence-corrected chi connectivity index (χ2v) is 9.00. The minimum atomic E-state index is -0.634. The van der Waals surface area contributed by atoms with Crippen LogP contribution < -0.4 is 9.47 Å². The van der Waals surface area contributed by atoms with Crippen LogP contribution in [0.1, 0.15) is 15.9 Å². The van der Waals surface area contributed by atoms with Gasteiger partial charge >= 0.3 is 5.97 Å². The number of methoxy groups -OCH3 is 1. The highest BCUT2D eigenvalue weighted by Gasteiger charge is 2.37. The number of imide groups is 1. The van der Waals surface area contributed by atoms with Crippen molar-refractivity contribution in [2.45, 2.75) is 0 Å². The lowest BCUT2D eigenvalue weighted by molar-refractivity contribution is -0.139. The Labute approximate surface area is 210 Å². The smallest absolute Gasteiger partial charge is 0.343 e. The number of nitrogens with zero attached hydrogens (tertiary/aromatic N) is 2. The Hall–Kier alpha value is -3.34. The number of esters is 1. The highest BCUT2D eigenvalue weighted by Crippen LogP contribution is 2.35. The summed E-state index contributed by atoms with van der Waals surface area (Å²) < 4.78 is 16.0. The molecule has 2 heterocycles. The largest absolute Gasteiger partial charge is 0.493 e. The number of carbonyl (C=O) groups excluding carboxylic acids is 4. The lowest BCUT2D eigenvalue weighted by atomic mass is 10.1. The fourth-order valence-electron chi connectivity index (χ4n) is 3.47. The Balaban J connectivity index is 1.50. The van der Waals surface area contributed by atoms with Gasteiger partial charge in [0.1, 0.15) is 6.54 Å². The van der Waals surface area contributed by atoms with Gasteiger partial charge in [-0.15, -0.1) is 0 Å². The molecule has 11 heteroatoms. The Bertz CT molecular complexity index is 1210. The molecule has 2 saturated heterocycles. The molecule has 4 rings (SSSR count). The predicted molar refractivity (Wildman–Crippen MR) is 129 cm³/mol.